The van der Waals surface area contributed by atoms with Crippen molar-refractivity contribution in [1.82, 2.24) is 4.90 Å². The van der Waals surface area contributed by atoms with Crippen molar-refractivity contribution < 1.29 is 18.7 Å². The summed E-state index contributed by atoms with van der Waals surface area (Å²) in [7, 11) is 3.12. The molecule has 0 saturated carbocycles. The van der Waals surface area contributed by atoms with Crippen molar-refractivity contribution in [3.63, 3.8) is 0 Å². The number of halogens is 1. The van der Waals surface area contributed by atoms with E-state index in [2.05, 4.69) is 5.32 Å². The van der Waals surface area contributed by atoms with E-state index < -0.39 is 0 Å². The highest BCUT2D eigenvalue weighted by Gasteiger charge is 2.30. The lowest BCUT2D eigenvalue weighted by Gasteiger charge is -2.26. The van der Waals surface area contributed by atoms with E-state index >= 15 is 0 Å². The van der Waals surface area contributed by atoms with Gasteiger partial charge < -0.3 is 19.7 Å². The van der Waals surface area contributed by atoms with E-state index in [0.717, 1.165) is 18.4 Å². The molecule has 0 bridgehead atoms. The van der Waals surface area contributed by atoms with Gasteiger partial charge in [0.25, 0.3) is 0 Å². The van der Waals surface area contributed by atoms with E-state index in [1.165, 1.54) is 12.1 Å². The number of hydrogen-bond donors (Lipinski definition) is 1. The van der Waals surface area contributed by atoms with E-state index in [-0.39, 0.29) is 17.9 Å². The first-order valence-corrected chi connectivity index (χ1v) is 8.17. The van der Waals surface area contributed by atoms with Gasteiger partial charge in [0.05, 0.1) is 25.9 Å². The fraction of sp³-hybridized carbons (Fsp3) is 0.316. The first-order chi connectivity index (χ1) is 12.1. The Morgan fingerprint density at radius 1 is 1.16 bits per heavy atom. The molecule has 25 heavy (non-hydrogen) atoms. The molecular weight excluding hydrogens is 323 g/mol. The predicted molar refractivity (Wildman–Crippen MR) is 93.6 cm³/mol. The van der Waals surface area contributed by atoms with Gasteiger partial charge >= 0.3 is 6.03 Å². The van der Waals surface area contributed by atoms with Gasteiger partial charge in [-0.1, -0.05) is 12.1 Å². The fourth-order valence-corrected chi connectivity index (χ4v) is 3.14. The summed E-state index contributed by atoms with van der Waals surface area (Å²) in [6, 6.07) is 11.3. The van der Waals surface area contributed by atoms with Crippen LogP contribution in [0.2, 0.25) is 0 Å². The summed E-state index contributed by atoms with van der Waals surface area (Å²) in [5.41, 5.74) is 1.49. The zero-order chi connectivity index (χ0) is 17.8. The number of benzene rings is 2. The number of rotatable bonds is 4. The molecule has 1 aliphatic heterocycles. The van der Waals surface area contributed by atoms with E-state index in [9.17, 15) is 9.18 Å². The van der Waals surface area contributed by atoms with E-state index in [4.69, 9.17) is 9.47 Å². The Bertz CT molecular complexity index is 749. The predicted octanol–water partition coefficient (Wildman–Crippen LogP) is 4.21. The Balaban J connectivity index is 1.79. The molecule has 1 unspecified atom stereocenters. The van der Waals surface area contributed by atoms with Gasteiger partial charge in [0, 0.05) is 12.6 Å². The second kappa shape index (κ2) is 7.42. The topological polar surface area (TPSA) is 50.8 Å². The first kappa shape index (κ1) is 17.1. The molecule has 6 heteroatoms. The molecule has 0 aromatic heterocycles. The smallest absolute Gasteiger partial charge is 0.322 e. The molecule has 1 aliphatic rings. The summed E-state index contributed by atoms with van der Waals surface area (Å²) >= 11 is 0. The third-order valence-electron chi connectivity index (χ3n) is 4.42. The van der Waals surface area contributed by atoms with Crippen molar-refractivity contribution in [2.24, 2.45) is 0 Å². The number of hydrogen-bond acceptors (Lipinski definition) is 3. The van der Waals surface area contributed by atoms with Gasteiger partial charge in [-0.2, -0.15) is 0 Å². The summed E-state index contributed by atoms with van der Waals surface area (Å²) < 4.78 is 23.7. The number of urea groups is 1. The minimum Gasteiger partial charge on any atom is -0.497 e. The molecule has 2 aromatic carbocycles. The van der Waals surface area contributed by atoms with Crippen LogP contribution in [0.15, 0.2) is 42.5 Å². The number of methoxy groups -OCH3 is 2. The van der Waals surface area contributed by atoms with Gasteiger partial charge in [-0.3, -0.25) is 0 Å². The Morgan fingerprint density at radius 3 is 2.60 bits per heavy atom. The van der Waals surface area contributed by atoms with Gasteiger partial charge in [-0.25, -0.2) is 9.18 Å². The van der Waals surface area contributed by atoms with Crippen LogP contribution in [0.4, 0.5) is 14.9 Å². The van der Waals surface area contributed by atoms with Crippen molar-refractivity contribution in [3.8, 4) is 11.5 Å². The van der Waals surface area contributed by atoms with Crippen LogP contribution in [0, 0.1) is 5.82 Å². The lowest BCUT2D eigenvalue weighted by molar-refractivity contribution is 0.207. The number of amides is 2. The van der Waals surface area contributed by atoms with Crippen molar-refractivity contribution in [2.45, 2.75) is 18.9 Å². The molecule has 1 fully saturated rings. The van der Waals surface area contributed by atoms with Gasteiger partial charge in [-0.05, 0) is 42.7 Å². The number of carbonyl (C=O) groups is 1. The van der Waals surface area contributed by atoms with Crippen LogP contribution in [-0.2, 0) is 0 Å². The number of ether oxygens (including phenoxy) is 2. The maximum Gasteiger partial charge on any atom is 0.322 e. The molecule has 5 nitrogen and oxygen atoms in total. The largest absolute Gasteiger partial charge is 0.497 e. The SMILES string of the molecule is COc1ccc(OC)c(NC(=O)N2CCCC2c2ccc(F)cc2)c1. The average molecular weight is 344 g/mol. The molecule has 1 saturated heterocycles. The minimum absolute atomic E-state index is 0.0581. The zero-order valence-electron chi connectivity index (χ0n) is 14.3. The van der Waals surface area contributed by atoms with Crippen LogP contribution >= 0.6 is 0 Å². The molecule has 1 N–H and O–H groups in total. The number of nitrogens with one attached hydrogen (secondary N) is 1. The Morgan fingerprint density at radius 2 is 1.92 bits per heavy atom. The third kappa shape index (κ3) is 3.68. The highest BCUT2D eigenvalue weighted by atomic mass is 19.1. The number of carbonyl (C=O) groups excluding carboxylic acids is 1. The molecule has 0 radical (unpaired) electrons. The van der Waals surface area contributed by atoms with Crippen molar-refractivity contribution in [3.05, 3.63) is 53.8 Å². The molecule has 3 rings (SSSR count). The van der Waals surface area contributed by atoms with Gasteiger partial charge in [-0.15, -0.1) is 0 Å². The molecule has 2 aromatic rings. The Labute approximate surface area is 146 Å². The molecular formula is C19H21FN2O3. The third-order valence-corrected chi connectivity index (χ3v) is 4.42. The van der Waals surface area contributed by atoms with Crippen LogP contribution in [0.5, 0.6) is 11.5 Å². The standard InChI is InChI=1S/C19H21FN2O3/c1-24-15-9-10-18(25-2)16(12-15)21-19(23)22-11-3-4-17(22)13-5-7-14(20)8-6-13/h5-10,12,17H,3-4,11H2,1-2H3,(H,21,23). The van der Waals surface area contributed by atoms with Crippen LogP contribution in [0.25, 0.3) is 0 Å². The minimum atomic E-state index is -0.279. The molecule has 1 heterocycles. The quantitative estimate of drug-likeness (QED) is 0.904. The second-order valence-corrected chi connectivity index (χ2v) is 5.90. The lowest BCUT2D eigenvalue weighted by Crippen LogP contribution is -2.34. The Kier molecular flexibility index (Phi) is 5.07. The highest BCUT2D eigenvalue weighted by molar-refractivity contribution is 5.91. The number of nitrogens with zero attached hydrogens (tertiary/aromatic N) is 1. The summed E-state index contributed by atoms with van der Waals surface area (Å²) in [6.07, 6.45) is 1.76. The van der Waals surface area contributed by atoms with Crippen LogP contribution < -0.4 is 14.8 Å². The van der Waals surface area contributed by atoms with Crippen molar-refractivity contribution in [1.29, 1.82) is 0 Å². The maximum atomic E-state index is 13.2. The van der Waals surface area contributed by atoms with Gasteiger partial charge in [0.15, 0.2) is 0 Å². The fourth-order valence-electron chi connectivity index (χ4n) is 3.14. The normalized spacial score (nSPS) is 16.6. The number of likely N-dealkylation sites (tertiary alicyclic amines) is 1. The van der Waals surface area contributed by atoms with E-state index in [1.54, 1.807) is 49.5 Å². The Hall–Kier alpha value is -2.76. The lowest BCUT2D eigenvalue weighted by atomic mass is 10.0. The summed E-state index contributed by atoms with van der Waals surface area (Å²) in [5, 5.41) is 2.90. The second-order valence-electron chi connectivity index (χ2n) is 5.90. The van der Waals surface area contributed by atoms with Crippen molar-refractivity contribution in [2.75, 3.05) is 26.1 Å². The van der Waals surface area contributed by atoms with Crippen LogP contribution in [-0.4, -0.2) is 31.7 Å². The average Bonchev–Trinajstić information content (AvgIpc) is 3.12. The molecule has 0 aliphatic carbocycles. The molecule has 1 atom stereocenters. The molecule has 0 spiro atoms. The molecule has 2 amide bonds. The summed E-state index contributed by atoms with van der Waals surface area (Å²) in [5.74, 6) is 0.915. The van der Waals surface area contributed by atoms with Crippen LogP contribution in [0.1, 0.15) is 24.4 Å². The summed E-state index contributed by atoms with van der Waals surface area (Å²) in [4.78, 5) is 14.5. The summed E-state index contributed by atoms with van der Waals surface area (Å²) in [6.45, 7) is 0.653. The van der Waals surface area contributed by atoms with Gasteiger partial charge in [0.2, 0.25) is 0 Å². The van der Waals surface area contributed by atoms with Crippen LogP contribution in [0.3, 0.4) is 0 Å². The monoisotopic (exact) mass is 344 g/mol. The van der Waals surface area contributed by atoms with E-state index in [0.29, 0.717) is 23.7 Å². The van der Waals surface area contributed by atoms with E-state index in [1.807, 2.05) is 0 Å². The highest BCUT2D eigenvalue weighted by Crippen LogP contribution is 2.34. The number of anilines is 1. The van der Waals surface area contributed by atoms with Crippen molar-refractivity contribution >= 4 is 11.7 Å². The first-order valence-electron chi connectivity index (χ1n) is 8.17. The maximum absolute atomic E-state index is 13.2. The zero-order valence-corrected chi connectivity index (χ0v) is 14.3. The molecule has 132 valence electrons. The van der Waals surface area contributed by atoms with Gasteiger partial charge in [0.1, 0.15) is 17.3 Å².